The molecule has 1 saturated heterocycles. The largest absolute Gasteiger partial charge is 0.452 e. The van der Waals surface area contributed by atoms with Gasteiger partial charge in [-0.25, -0.2) is 13.2 Å². The summed E-state index contributed by atoms with van der Waals surface area (Å²) in [5, 5.41) is 2.48. The molecule has 0 unspecified atom stereocenters. The van der Waals surface area contributed by atoms with Crippen molar-refractivity contribution in [1.29, 1.82) is 0 Å². The summed E-state index contributed by atoms with van der Waals surface area (Å²) in [6.07, 6.45) is 1.50. The number of sulfonamides is 1. The molecule has 1 fully saturated rings. The van der Waals surface area contributed by atoms with Crippen molar-refractivity contribution >= 4 is 21.9 Å². The van der Waals surface area contributed by atoms with Gasteiger partial charge in [0.25, 0.3) is 5.91 Å². The molecule has 1 aliphatic rings. The maximum Gasteiger partial charge on any atom is 0.338 e. The van der Waals surface area contributed by atoms with Gasteiger partial charge >= 0.3 is 5.97 Å². The van der Waals surface area contributed by atoms with E-state index in [4.69, 9.17) is 9.47 Å². The highest BCUT2D eigenvalue weighted by Gasteiger charge is 2.27. The van der Waals surface area contributed by atoms with Crippen LogP contribution in [-0.4, -0.2) is 64.1 Å². The quantitative estimate of drug-likeness (QED) is 0.543. The summed E-state index contributed by atoms with van der Waals surface area (Å²) >= 11 is 0. The van der Waals surface area contributed by atoms with E-state index >= 15 is 0 Å². The predicted molar refractivity (Wildman–Crippen MR) is 94.2 cm³/mol. The number of hydrogen-bond acceptors (Lipinski definition) is 6. The summed E-state index contributed by atoms with van der Waals surface area (Å²) in [4.78, 5) is 23.8. The van der Waals surface area contributed by atoms with Gasteiger partial charge in [-0.1, -0.05) is 12.1 Å². The zero-order chi connectivity index (χ0) is 19.2. The van der Waals surface area contributed by atoms with Gasteiger partial charge in [0.1, 0.15) is 0 Å². The second kappa shape index (κ2) is 8.93. The summed E-state index contributed by atoms with van der Waals surface area (Å²) in [5.74, 6) is -1.22. The second-order valence-electron chi connectivity index (χ2n) is 5.66. The number of carbonyl (C=O) groups is 2. The van der Waals surface area contributed by atoms with Crippen LogP contribution in [0.3, 0.4) is 0 Å². The van der Waals surface area contributed by atoms with Crippen LogP contribution in [-0.2, 0) is 24.3 Å². The van der Waals surface area contributed by atoms with Crippen molar-refractivity contribution in [2.75, 3.05) is 39.5 Å². The molecule has 0 aliphatic carbocycles. The lowest BCUT2D eigenvalue weighted by Gasteiger charge is -2.26. The van der Waals surface area contributed by atoms with Gasteiger partial charge < -0.3 is 14.8 Å². The van der Waals surface area contributed by atoms with Gasteiger partial charge in [0.05, 0.1) is 23.7 Å². The van der Waals surface area contributed by atoms with Crippen LogP contribution >= 0.6 is 0 Å². The Hall–Kier alpha value is -2.23. The highest BCUT2D eigenvalue weighted by atomic mass is 32.2. The lowest BCUT2D eigenvalue weighted by atomic mass is 10.1. The van der Waals surface area contributed by atoms with E-state index in [0.717, 1.165) is 0 Å². The van der Waals surface area contributed by atoms with Crippen molar-refractivity contribution < 1.29 is 27.5 Å². The van der Waals surface area contributed by atoms with Crippen LogP contribution in [0.15, 0.2) is 35.7 Å². The first kappa shape index (κ1) is 20.1. The highest BCUT2D eigenvalue weighted by Crippen LogP contribution is 2.21. The van der Waals surface area contributed by atoms with Crippen molar-refractivity contribution in [3.05, 3.63) is 42.0 Å². The molecule has 9 heteroatoms. The molecule has 0 aromatic heterocycles. The first-order chi connectivity index (χ1) is 12.4. The molecule has 0 atom stereocenters. The highest BCUT2D eigenvalue weighted by molar-refractivity contribution is 7.89. The molecule has 1 amide bonds. The monoisotopic (exact) mass is 382 g/mol. The van der Waals surface area contributed by atoms with Crippen molar-refractivity contribution in [3.8, 4) is 0 Å². The fourth-order valence-corrected chi connectivity index (χ4v) is 3.80. The maximum atomic E-state index is 12.7. The Morgan fingerprint density at radius 2 is 2.04 bits per heavy atom. The Balaban J connectivity index is 2.14. The van der Waals surface area contributed by atoms with E-state index in [0.29, 0.717) is 18.8 Å². The predicted octanol–water partition coefficient (Wildman–Crippen LogP) is 0.475. The van der Waals surface area contributed by atoms with Crippen molar-refractivity contribution in [2.45, 2.75) is 11.8 Å². The van der Waals surface area contributed by atoms with E-state index in [-0.39, 0.29) is 30.1 Å². The zero-order valence-corrected chi connectivity index (χ0v) is 15.4. The first-order valence-corrected chi connectivity index (χ1v) is 9.53. The number of esters is 1. The normalized spacial score (nSPS) is 15.3. The van der Waals surface area contributed by atoms with Crippen LogP contribution in [0.2, 0.25) is 0 Å². The average molecular weight is 382 g/mol. The fraction of sp³-hybridized carbons (Fsp3) is 0.412. The number of ether oxygens (including phenoxy) is 2. The number of amides is 1. The molecule has 0 spiro atoms. The Kier molecular flexibility index (Phi) is 6.90. The Morgan fingerprint density at radius 3 is 2.69 bits per heavy atom. The molecule has 8 nitrogen and oxygen atoms in total. The summed E-state index contributed by atoms with van der Waals surface area (Å²) in [7, 11) is -3.72. The lowest BCUT2D eigenvalue weighted by molar-refractivity contribution is -0.124. The van der Waals surface area contributed by atoms with Crippen LogP contribution < -0.4 is 5.32 Å². The van der Waals surface area contributed by atoms with Crippen LogP contribution in [0.1, 0.15) is 15.9 Å². The topological polar surface area (TPSA) is 102 Å². The molecular formula is C17H22N2O6S. The van der Waals surface area contributed by atoms with Gasteiger partial charge in [-0.05, 0) is 24.6 Å². The van der Waals surface area contributed by atoms with Crippen molar-refractivity contribution in [3.63, 3.8) is 0 Å². The first-order valence-electron chi connectivity index (χ1n) is 8.09. The molecule has 1 aliphatic heterocycles. The third-order valence-corrected chi connectivity index (χ3v) is 5.71. The van der Waals surface area contributed by atoms with Gasteiger partial charge in [0, 0.05) is 19.6 Å². The summed E-state index contributed by atoms with van der Waals surface area (Å²) < 4.78 is 36.9. The maximum absolute atomic E-state index is 12.7. The van der Waals surface area contributed by atoms with Crippen molar-refractivity contribution in [1.82, 2.24) is 9.62 Å². The van der Waals surface area contributed by atoms with Gasteiger partial charge in [0.2, 0.25) is 10.0 Å². The van der Waals surface area contributed by atoms with Crippen LogP contribution in [0.25, 0.3) is 0 Å². The standard InChI is InChI=1S/C17H22N2O6S/c1-3-6-18-16(20)12-25-17(21)15-11-14(5-4-13(15)2)26(22,23)19-7-9-24-10-8-19/h3-5,11H,1,6-10,12H2,2H3,(H,18,20). The number of hydrogen-bond donors (Lipinski definition) is 1. The molecule has 2 rings (SSSR count). The molecule has 142 valence electrons. The Bertz CT molecular complexity index is 784. The molecule has 1 heterocycles. The summed E-state index contributed by atoms with van der Waals surface area (Å²) in [6.45, 7) is 6.14. The molecule has 0 radical (unpaired) electrons. The number of nitrogens with one attached hydrogen (secondary N) is 1. The second-order valence-corrected chi connectivity index (χ2v) is 7.60. The molecule has 1 aromatic rings. The molecule has 0 saturated carbocycles. The number of benzene rings is 1. The lowest BCUT2D eigenvalue weighted by Crippen LogP contribution is -2.40. The molecule has 1 N–H and O–H groups in total. The van der Waals surface area contributed by atoms with E-state index in [1.54, 1.807) is 13.0 Å². The number of rotatable bonds is 7. The number of morpholine rings is 1. The van der Waals surface area contributed by atoms with Gasteiger partial charge in [0.15, 0.2) is 6.61 Å². The van der Waals surface area contributed by atoms with Crippen LogP contribution in [0.5, 0.6) is 0 Å². The number of nitrogens with zero attached hydrogens (tertiary/aromatic N) is 1. The third-order valence-electron chi connectivity index (χ3n) is 3.81. The van der Waals surface area contributed by atoms with Crippen molar-refractivity contribution in [2.24, 2.45) is 0 Å². The Morgan fingerprint density at radius 1 is 1.35 bits per heavy atom. The van der Waals surface area contributed by atoms with Gasteiger partial charge in [-0.15, -0.1) is 6.58 Å². The van der Waals surface area contributed by atoms with Gasteiger partial charge in [-0.3, -0.25) is 4.79 Å². The van der Waals surface area contributed by atoms with Gasteiger partial charge in [-0.2, -0.15) is 4.31 Å². The minimum absolute atomic E-state index is 0.00746. The fourth-order valence-electron chi connectivity index (χ4n) is 2.36. The summed E-state index contributed by atoms with van der Waals surface area (Å²) in [5.41, 5.74) is 0.665. The van der Waals surface area contributed by atoms with Crippen LogP contribution in [0, 0.1) is 6.92 Å². The molecule has 0 bridgehead atoms. The van der Waals surface area contributed by atoms with E-state index in [9.17, 15) is 18.0 Å². The summed E-state index contributed by atoms with van der Waals surface area (Å²) in [6, 6.07) is 4.28. The third kappa shape index (κ3) is 4.90. The van der Waals surface area contributed by atoms with E-state index in [1.807, 2.05) is 0 Å². The number of aryl methyl sites for hydroxylation is 1. The zero-order valence-electron chi connectivity index (χ0n) is 14.6. The minimum Gasteiger partial charge on any atom is -0.452 e. The Labute approximate surface area is 152 Å². The molecule has 26 heavy (non-hydrogen) atoms. The van der Waals surface area contributed by atoms with Crippen LogP contribution in [0.4, 0.5) is 0 Å². The molecule has 1 aromatic carbocycles. The van der Waals surface area contributed by atoms with E-state index < -0.39 is 28.5 Å². The minimum atomic E-state index is -3.72. The SMILES string of the molecule is C=CCNC(=O)COC(=O)c1cc(S(=O)(=O)N2CCOCC2)ccc1C. The molecular weight excluding hydrogens is 360 g/mol. The smallest absolute Gasteiger partial charge is 0.338 e. The number of carbonyl (C=O) groups excluding carboxylic acids is 2. The average Bonchev–Trinajstić information content (AvgIpc) is 2.65. The van der Waals surface area contributed by atoms with E-state index in [2.05, 4.69) is 11.9 Å². The van der Waals surface area contributed by atoms with E-state index in [1.165, 1.54) is 22.5 Å².